The van der Waals surface area contributed by atoms with Crippen LogP contribution in [0.3, 0.4) is 0 Å². The molecule has 13 N–H and O–H groups in total. The van der Waals surface area contributed by atoms with Crippen molar-refractivity contribution in [3.8, 4) is 0 Å². The fourth-order valence-electron chi connectivity index (χ4n) is 5.83. The number of carboxylic acids is 1. The van der Waals surface area contributed by atoms with Gasteiger partial charge in [0, 0.05) is 19.4 Å². The minimum Gasteiger partial charge on any atom is -0.480 e. The first-order chi connectivity index (χ1) is 26.0. The van der Waals surface area contributed by atoms with E-state index >= 15 is 0 Å². The zero-order valence-electron chi connectivity index (χ0n) is 33.0. The summed E-state index contributed by atoms with van der Waals surface area (Å²) in [4.78, 5) is 127. The van der Waals surface area contributed by atoms with Crippen molar-refractivity contribution in [1.29, 1.82) is 0 Å². The molecule has 0 aliphatic carbocycles. The first-order valence-corrected chi connectivity index (χ1v) is 18.7. The van der Waals surface area contributed by atoms with Gasteiger partial charge in [0.15, 0.2) is 0 Å². The molecule has 21 heteroatoms. The molecule has 1 fully saturated rings. The molecule has 0 bridgehead atoms. The average molecular weight is 797 g/mol. The molecule has 0 radical (unpaired) electrons. The second-order valence-corrected chi connectivity index (χ2v) is 14.9. The summed E-state index contributed by atoms with van der Waals surface area (Å²) >= 11 is 0. The van der Waals surface area contributed by atoms with Crippen LogP contribution in [0.1, 0.15) is 86.5 Å². The van der Waals surface area contributed by atoms with E-state index in [4.69, 9.17) is 22.3 Å². The molecular weight excluding hydrogens is 736 g/mol. The maximum atomic E-state index is 13.8. The minimum atomic E-state index is -1.33. The van der Waals surface area contributed by atoms with Crippen molar-refractivity contribution in [2.75, 3.05) is 19.6 Å². The van der Waals surface area contributed by atoms with Crippen LogP contribution in [-0.4, -0.2) is 125 Å². The normalized spacial score (nSPS) is 16.5. The Morgan fingerprint density at radius 1 is 0.679 bits per heavy atom. The SMILES string of the molecule is CC(C)C[C@H](NC(=O)[C@@H](NC(=O)CNC(=O)[C@@H](N)CCC(N)=O)C(C)C)C(=O)N[C@H](C(=O)N[C@@H](CCC(N)=O)C(=O)N1CCC[C@H]1C(=O)NCC(=O)O)C(C)C. The van der Waals surface area contributed by atoms with E-state index < -0.39 is 120 Å². The molecule has 56 heavy (non-hydrogen) atoms. The Labute approximate surface area is 326 Å². The van der Waals surface area contributed by atoms with Gasteiger partial charge in [0.05, 0.1) is 12.6 Å². The summed E-state index contributed by atoms with van der Waals surface area (Å²) in [6.45, 7) is 9.14. The van der Waals surface area contributed by atoms with Crippen LogP contribution in [0.15, 0.2) is 0 Å². The fraction of sp³-hybridized carbons (Fsp3) is 0.714. The number of carbonyl (C=O) groups is 10. The molecule has 0 aromatic rings. The lowest BCUT2D eigenvalue weighted by molar-refractivity contribution is -0.143. The number of hydrogen-bond acceptors (Lipinski definition) is 11. The summed E-state index contributed by atoms with van der Waals surface area (Å²) in [5, 5.41) is 24.0. The number of primary amides is 2. The van der Waals surface area contributed by atoms with Crippen molar-refractivity contribution in [2.24, 2.45) is 35.0 Å². The summed E-state index contributed by atoms with van der Waals surface area (Å²) in [7, 11) is 0. The lowest BCUT2D eigenvalue weighted by Crippen LogP contribution is -2.61. The number of likely N-dealkylation sites (tertiary alicyclic amines) is 1. The molecule has 0 aromatic carbocycles. The van der Waals surface area contributed by atoms with Crippen LogP contribution in [0, 0.1) is 17.8 Å². The lowest BCUT2D eigenvalue weighted by Gasteiger charge is -2.31. The standard InChI is InChI=1S/C35H60N10O11/c1-17(2)14-22(42-33(54)28(18(3)4)43-26(48)15-39-30(51)20(36)9-11-24(37)46)31(52)44-29(19(5)6)34(55)41-21(10-12-25(38)47)35(56)45-13-7-8-23(45)32(53)40-16-27(49)50/h17-23,28-29H,7-16,36H2,1-6H3,(H2,37,46)(H2,38,47)(H,39,51)(H,40,53)(H,41,55)(H,42,54)(H,43,48)(H,44,52)(H,49,50)/t20-,21-,22-,23-,28-,29-/m0/s1. The highest BCUT2D eigenvalue weighted by Crippen LogP contribution is 2.20. The van der Waals surface area contributed by atoms with Gasteiger partial charge in [0.1, 0.15) is 36.8 Å². The molecule has 6 atom stereocenters. The first-order valence-electron chi connectivity index (χ1n) is 18.7. The summed E-state index contributed by atoms with van der Waals surface area (Å²) in [6, 6.07) is -7.00. The van der Waals surface area contributed by atoms with Crippen molar-refractivity contribution >= 4 is 59.1 Å². The zero-order valence-corrected chi connectivity index (χ0v) is 33.0. The number of aliphatic carboxylic acids is 1. The van der Waals surface area contributed by atoms with Gasteiger partial charge >= 0.3 is 5.97 Å². The average Bonchev–Trinajstić information content (AvgIpc) is 3.60. The van der Waals surface area contributed by atoms with Crippen LogP contribution in [0.25, 0.3) is 0 Å². The van der Waals surface area contributed by atoms with E-state index in [-0.39, 0.29) is 51.0 Å². The van der Waals surface area contributed by atoms with Crippen molar-refractivity contribution in [3.63, 3.8) is 0 Å². The Balaban J connectivity index is 3.14. The van der Waals surface area contributed by atoms with E-state index in [1.165, 1.54) is 4.90 Å². The zero-order chi connectivity index (χ0) is 42.9. The maximum absolute atomic E-state index is 13.8. The van der Waals surface area contributed by atoms with Gasteiger partial charge < -0.3 is 59.1 Å². The molecule has 1 saturated heterocycles. The highest BCUT2D eigenvalue weighted by molar-refractivity contribution is 5.97. The molecule has 0 aromatic heterocycles. The summed E-state index contributed by atoms with van der Waals surface area (Å²) < 4.78 is 0. The Bertz CT molecular complexity index is 1450. The summed E-state index contributed by atoms with van der Waals surface area (Å²) in [5.41, 5.74) is 16.1. The van der Waals surface area contributed by atoms with Gasteiger partial charge in [-0.1, -0.05) is 41.5 Å². The van der Waals surface area contributed by atoms with Crippen molar-refractivity contribution in [2.45, 2.75) is 123 Å². The number of hydrogen-bond donors (Lipinski definition) is 10. The van der Waals surface area contributed by atoms with Crippen LogP contribution in [0.5, 0.6) is 0 Å². The Kier molecular flexibility index (Phi) is 20.5. The van der Waals surface area contributed by atoms with Crippen molar-refractivity contribution in [3.05, 3.63) is 0 Å². The first kappa shape index (κ1) is 48.7. The molecule has 316 valence electrons. The van der Waals surface area contributed by atoms with Gasteiger partial charge in [-0.25, -0.2) is 0 Å². The van der Waals surface area contributed by atoms with E-state index in [9.17, 15) is 47.9 Å². The van der Waals surface area contributed by atoms with Gasteiger partial charge in [-0.05, 0) is 49.9 Å². The topological polar surface area (TPSA) is 344 Å². The van der Waals surface area contributed by atoms with Crippen molar-refractivity contribution < 1.29 is 53.1 Å². The van der Waals surface area contributed by atoms with E-state index in [0.29, 0.717) is 6.42 Å². The van der Waals surface area contributed by atoms with Gasteiger partial charge in [0.25, 0.3) is 0 Å². The molecule has 21 nitrogen and oxygen atoms in total. The molecule has 0 unspecified atom stereocenters. The van der Waals surface area contributed by atoms with E-state index in [1.807, 2.05) is 0 Å². The third-order valence-corrected chi connectivity index (χ3v) is 8.86. The molecular formula is C35H60N10O11. The van der Waals surface area contributed by atoms with Crippen LogP contribution >= 0.6 is 0 Å². The van der Waals surface area contributed by atoms with Crippen LogP contribution < -0.4 is 49.1 Å². The van der Waals surface area contributed by atoms with Gasteiger partial charge in [-0.2, -0.15) is 0 Å². The second kappa shape index (κ2) is 23.6. The van der Waals surface area contributed by atoms with Crippen LogP contribution in [0.2, 0.25) is 0 Å². The third kappa shape index (κ3) is 17.0. The van der Waals surface area contributed by atoms with Gasteiger partial charge in [0.2, 0.25) is 53.2 Å². The Morgan fingerprint density at radius 2 is 1.21 bits per heavy atom. The molecule has 1 rings (SSSR count). The predicted octanol–water partition coefficient (Wildman–Crippen LogP) is -3.55. The number of nitrogens with two attached hydrogens (primary N) is 3. The number of nitrogens with one attached hydrogen (secondary N) is 6. The molecule has 1 aliphatic rings. The monoisotopic (exact) mass is 796 g/mol. The third-order valence-electron chi connectivity index (χ3n) is 8.86. The molecule has 0 saturated carbocycles. The fourth-order valence-corrected chi connectivity index (χ4v) is 5.83. The number of nitrogens with zero attached hydrogens (tertiary/aromatic N) is 1. The summed E-state index contributed by atoms with van der Waals surface area (Å²) in [5.74, 6) is -8.87. The second-order valence-electron chi connectivity index (χ2n) is 14.9. The lowest BCUT2D eigenvalue weighted by atomic mass is 9.98. The van der Waals surface area contributed by atoms with E-state index in [1.54, 1.807) is 41.5 Å². The summed E-state index contributed by atoms with van der Waals surface area (Å²) in [6.07, 6.45) is 0.122. The van der Waals surface area contributed by atoms with E-state index in [0.717, 1.165) is 0 Å². The smallest absolute Gasteiger partial charge is 0.322 e. The van der Waals surface area contributed by atoms with Crippen LogP contribution in [0.4, 0.5) is 0 Å². The number of rotatable bonds is 24. The van der Waals surface area contributed by atoms with Gasteiger partial charge in [-0.15, -0.1) is 0 Å². The number of carboxylic acid groups (broad SMARTS) is 1. The highest BCUT2D eigenvalue weighted by atomic mass is 16.4. The quantitative estimate of drug-likeness (QED) is 0.0454. The maximum Gasteiger partial charge on any atom is 0.322 e. The minimum absolute atomic E-state index is 0.0247. The molecule has 0 spiro atoms. The number of amides is 9. The largest absolute Gasteiger partial charge is 0.480 e. The van der Waals surface area contributed by atoms with E-state index in [2.05, 4.69) is 31.9 Å². The van der Waals surface area contributed by atoms with Crippen LogP contribution in [-0.2, 0) is 47.9 Å². The number of carbonyl (C=O) groups excluding carboxylic acids is 9. The Morgan fingerprint density at radius 3 is 1.73 bits per heavy atom. The molecule has 1 heterocycles. The molecule has 1 aliphatic heterocycles. The predicted molar refractivity (Wildman–Crippen MR) is 200 cm³/mol. The van der Waals surface area contributed by atoms with Crippen molar-refractivity contribution in [1.82, 2.24) is 36.8 Å². The molecule has 9 amide bonds. The van der Waals surface area contributed by atoms with Gasteiger partial charge in [-0.3, -0.25) is 47.9 Å². The Hall–Kier alpha value is -5.34. The highest BCUT2D eigenvalue weighted by Gasteiger charge is 2.39.